The predicted molar refractivity (Wildman–Crippen MR) is 51.1 cm³/mol. The highest BCUT2D eigenvalue weighted by molar-refractivity contribution is 5.35. The van der Waals surface area contributed by atoms with Crippen LogP contribution in [0.1, 0.15) is 23.5 Å². The number of nitriles is 1. The standard InChI is InChI=1S/C11H12N2/c12-6-8-1-3-9(4-2-8)11-5-10(11)7-13/h1-4,10-11H,5,7,13H2. The lowest BCUT2D eigenvalue weighted by atomic mass is 10.1. The van der Waals surface area contributed by atoms with Crippen LogP contribution in [0.2, 0.25) is 0 Å². The van der Waals surface area contributed by atoms with Crippen LogP contribution in [-0.4, -0.2) is 6.54 Å². The molecule has 0 amide bonds. The van der Waals surface area contributed by atoms with Gasteiger partial charge >= 0.3 is 0 Å². The molecule has 0 aliphatic heterocycles. The van der Waals surface area contributed by atoms with Crippen molar-refractivity contribution in [3.8, 4) is 6.07 Å². The molecule has 0 radical (unpaired) electrons. The van der Waals surface area contributed by atoms with E-state index in [4.69, 9.17) is 11.0 Å². The molecule has 0 bridgehead atoms. The highest BCUT2D eigenvalue weighted by Crippen LogP contribution is 2.46. The summed E-state index contributed by atoms with van der Waals surface area (Å²) in [5.74, 6) is 1.32. The summed E-state index contributed by atoms with van der Waals surface area (Å²) in [4.78, 5) is 0. The largest absolute Gasteiger partial charge is 0.330 e. The lowest BCUT2D eigenvalue weighted by molar-refractivity contribution is 0.810. The van der Waals surface area contributed by atoms with E-state index in [1.54, 1.807) is 0 Å². The molecule has 1 aromatic carbocycles. The van der Waals surface area contributed by atoms with Gasteiger partial charge in [-0.15, -0.1) is 0 Å². The summed E-state index contributed by atoms with van der Waals surface area (Å²) in [5, 5.41) is 8.61. The van der Waals surface area contributed by atoms with Crippen LogP contribution in [0.15, 0.2) is 24.3 Å². The summed E-state index contributed by atoms with van der Waals surface area (Å²) in [5.41, 5.74) is 7.62. The quantitative estimate of drug-likeness (QED) is 0.737. The van der Waals surface area contributed by atoms with Gasteiger partial charge in [0.2, 0.25) is 0 Å². The van der Waals surface area contributed by atoms with Gasteiger partial charge in [0.1, 0.15) is 0 Å². The number of nitrogens with zero attached hydrogens (tertiary/aromatic N) is 1. The monoisotopic (exact) mass is 172 g/mol. The molecule has 1 aliphatic carbocycles. The molecule has 0 aromatic heterocycles. The van der Waals surface area contributed by atoms with E-state index in [9.17, 15) is 0 Å². The van der Waals surface area contributed by atoms with E-state index in [1.807, 2.05) is 24.3 Å². The first-order valence-electron chi connectivity index (χ1n) is 4.55. The van der Waals surface area contributed by atoms with Crippen molar-refractivity contribution < 1.29 is 0 Å². The number of benzene rings is 1. The summed E-state index contributed by atoms with van der Waals surface area (Å²) >= 11 is 0. The van der Waals surface area contributed by atoms with Crippen molar-refractivity contribution in [3.05, 3.63) is 35.4 Å². The molecule has 2 heteroatoms. The number of hydrogen-bond acceptors (Lipinski definition) is 2. The summed E-state index contributed by atoms with van der Waals surface area (Å²) in [7, 11) is 0. The van der Waals surface area contributed by atoms with Crippen LogP contribution in [0, 0.1) is 17.2 Å². The Morgan fingerprint density at radius 3 is 2.54 bits per heavy atom. The maximum atomic E-state index is 8.61. The van der Waals surface area contributed by atoms with Gasteiger partial charge in [-0.3, -0.25) is 0 Å². The predicted octanol–water partition coefficient (Wildman–Crippen LogP) is 1.62. The fourth-order valence-corrected chi connectivity index (χ4v) is 1.72. The minimum absolute atomic E-state index is 0.651. The minimum atomic E-state index is 0.651. The van der Waals surface area contributed by atoms with Crippen molar-refractivity contribution in [1.29, 1.82) is 5.26 Å². The van der Waals surface area contributed by atoms with Crippen LogP contribution in [0.3, 0.4) is 0 Å². The van der Waals surface area contributed by atoms with Gasteiger partial charge in [0.05, 0.1) is 11.6 Å². The third-order valence-electron chi connectivity index (χ3n) is 2.69. The van der Waals surface area contributed by atoms with Crippen LogP contribution >= 0.6 is 0 Å². The van der Waals surface area contributed by atoms with E-state index in [0.29, 0.717) is 11.8 Å². The van der Waals surface area contributed by atoms with Crippen LogP contribution in [-0.2, 0) is 0 Å². The van der Waals surface area contributed by atoms with E-state index >= 15 is 0 Å². The maximum Gasteiger partial charge on any atom is 0.0991 e. The molecular weight excluding hydrogens is 160 g/mol. The highest BCUT2D eigenvalue weighted by atomic mass is 14.6. The fraction of sp³-hybridized carbons (Fsp3) is 0.364. The third-order valence-corrected chi connectivity index (χ3v) is 2.69. The highest BCUT2D eigenvalue weighted by Gasteiger charge is 2.36. The molecule has 2 nitrogen and oxygen atoms in total. The Bertz CT molecular complexity index is 334. The first kappa shape index (κ1) is 8.28. The van der Waals surface area contributed by atoms with Gasteiger partial charge in [-0.05, 0) is 42.5 Å². The van der Waals surface area contributed by atoms with Gasteiger partial charge in [-0.25, -0.2) is 0 Å². The maximum absolute atomic E-state index is 8.61. The van der Waals surface area contributed by atoms with E-state index in [2.05, 4.69) is 6.07 Å². The zero-order valence-electron chi connectivity index (χ0n) is 7.40. The average Bonchev–Trinajstić information content (AvgIpc) is 2.97. The Balaban J connectivity index is 2.12. The number of hydrogen-bond donors (Lipinski definition) is 1. The first-order chi connectivity index (χ1) is 6.35. The zero-order chi connectivity index (χ0) is 9.26. The van der Waals surface area contributed by atoms with Crippen LogP contribution in [0.5, 0.6) is 0 Å². The molecule has 2 rings (SSSR count). The average molecular weight is 172 g/mol. The van der Waals surface area contributed by atoms with E-state index in [-0.39, 0.29) is 0 Å². The second-order valence-electron chi connectivity index (χ2n) is 3.57. The third kappa shape index (κ3) is 1.56. The van der Waals surface area contributed by atoms with Gasteiger partial charge in [0.15, 0.2) is 0 Å². The fourth-order valence-electron chi connectivity index (χ4n) is 1.72. The molecule has 1 aromatic rings. The van der Waals surface area contributed by atoms with Gasteiger partial charge < -0.3 is 5.73 Å². The van der Waals surface area contributed by atoms with Crippen molar-refractivity contribution >= 4 is 0 Å². The van der Waals surface area contributed by atoms with E-state index < -0.39 is 0 Å². The molecule has 66 valence electrons. The minimum Gasteiger partial charge on any atom is -0.330 e. The lowest BCUT2D eigenvalue weighted by Crippen LogP contribution is -2.01. The van der Waals surface area contributed by atoms with Crippen molar-refractivity contribution in [2.45, 2.75) is 12.3 Å². The van der Waals surface area contributed by atoms with Gasteiger partial charge in [0, 0.05) is 0 Å². The Morgan fingerprint density at radius 2 is 2.08 bits per heavy atom. The van der Waals surface area contributed by atoms with Crippen molar-refractivity contribution in [2.75, 3.05) is 6.54 Å². The normalized spacial score (nSPS) is 25.2. The number of rotatable bonds is 2. The van der Waals surface area contributed by atoms with E-state index in [0.717, 1.165) is 12.1 Å². The Labute approximate surface area is 78.0 Å². The van der Waals surface area contributed by atoms with Gasteiger partial charge in [-0.1, -0.05) is 12.1 Å². The summed E-state index contributed by atoms with van der Waals surface area (Å²) < 4.78 is 0. The topological polar surface area (TPSA) is 49.8 Å². The summed E-state index contributed by atoms with van der Waals surface area (Å²) in [6.07, 6.45) is 1.21. The Kier molecular flexibility index (Phi) is 2.03. The summed E-state index contributed by atoms with van der Waals surface area (Å²) in [6, 6.07) is 9.95. The molecular formula is C11H12N2. The van der Waals surface area contributed by atoms with Crippen molar-refractivity contribution in [1.82, 2.24) is 0 Å². The molecule has 0 spiro atoms. The second-order valence-corrected chi connectivity index (χ2v) is 3.57. The zero-order valence-corrected chi connectivity index (χ0v) is 7.40. The molecule has 2 N–H and O–H groups in total. The molecule has 0 heterocycles. The van der Waals surface area contributed by atoms with Crippen molar-refractivity contribution in [3.63, 3.8) is 0 Å². The van der Waals surface area contributed by atoms with Crippen LogP contribution < -0.4 is 5.73 Å². The smallest absolute Gasteiger partial charge is 0.0991 e. The molecule has 13 heavy (non-hydrogen) atoms. The molecule has 1 aliphatic rings. The number of nitrogens with two attached hydrogens (primary N) is 1. The first-order valence-corrected chi connectivity index (χ1v) is 4.55. The Morgan fingerprint density at radius 1 is 1.38 bits per heavy atom. The molecule has 2 unspecified atom stereocenters. The summed E-state index contributed by atoms with van der Waals surface area (Å²) in [6.45, 7) is 0.782. The van der Waals surface area contributed by atoms with Gasteiger partial charge in [0.25, 0.3) is 0 Å². The molecule has 0 saturated heterocycles. The molecule has 1 saturated carbocycles. The SMILES string of the molecule is N#Cc1ccc(C2CC2CN)cc1. The van der Waals surface area contributed by atoms with E-state index in [1.165, 1.54) is 12.0 Å². The van der Waals surface area contributed by atoms with Crippen LogP contribution in [0.4, 0.5) is 0 Å². The Hall–Kier alpha value is -1.33. The lowest BCUT2D eigenvalue weighted by Gasteiger charge is -1.98. The molecule has 1 fully saturated rings. The second kappa shape index (κ2) is 3.20. The molecule has 2 atom stereocenters. The van der Waals surface area contributed by atoms with Gasteiger partial charge in [-0.2, -0.15) is 5.26 Å². The van der Waals surface area contributed by atoms with Crippen molar-refractivity contribution in [2.24, 2.45) is 11.7 Å². The van der Waals surface area contributed by atoms with Crippen LogP contribution in [0.25, 0.3) is 0 Å².